The number of aliphatic hydroxyl groups excluding tert-OH is 1. The third kappa shape index (κ3) is 1.46. The normalized spacial score (nSPS) is 37.5. The van der Waals surface area contributed by atoms with E-state index in [-0.39, 0.29) is 17.1 Å². The Morgan fingerprint density at radius 3 is 2.67 bits per heavy atom. The number of likely N-dealkylation sites (N-methyl/N-ethyl adjacent to an activating group) is 1. The Hall–Kier alpha value is -2.28. The van der Waals surface area contributed by atoms with E-state index in [1.165, 1.54) is 0 Å². The second kappa shape index (κ2) is 4.63. The second-order valence-electron chi connectivity index (χ2n) is 7.58. The molecule has 0 aromatic heterocycles. The van der Waals surface area contributed by atoms with Gasteiger partial charge in [-0.1, -0.05) is 37.3 Å². The number of carbonyl (C=O) groups excluding carboxylic acids is 1. The highest BCUT2D eigenvalue weighted by Crippen LogP contribution is 2.81. The smallest absolute Gasteiger partial charge is 0.232 e. The highest BCUT2D eigenvalue weighted by molar-refractivity contribution is 5.92. The van der Waals surface area contributed by atoms with Crippen LogP contribution < -0.4 is 0 Å². The molecule has 2 aliphatic carbocycles. The minimum Gasteiger partial charge on any atom is -0.523 e. The van der Waals surface area contributed by atoms with Crippen molar-refractivity contribution >= 4 is 5.91 Å². The van der Waals surface area contributed by atoms with E-state index < -0.39 is 10.8 Å². The summed E-state index contributed by atoms with van der Waals surface area (Å²) in [5.41, 5.74) is -0.0753. The van der Waals surface area contributed by atoms with Gasteiger partial charge in [-0.05, 0) is 25.3 Å². The molecule has 1 aromatic rings. The van der Waals surface area contributed by atoms with Crippen LogP contribution in [0.4, 0.5) is 0 Å². The van der Waals surface area contributed by atoms with Gasteiger partial charge in [0.15, 0.2) is 0 Å². The number of piperidine rings is 1. The van der Waals surface area contributed by atoms with Crippen molar-refractivity contribution in [3.63, 3.8) is 0 Å². The summed E-state index contributed by atoms with van der Waals surface area (Å²) in [5.74, 6) is 0.349. The van der Waals surface area contributed by atoms with Crippen LogP contribution in [-0.2, 0) is 10.2 Å². The Balaban J connectivity index is 2.00. The van der Waals surface area contributed by atoms with Crippen molar-refractivity contribution in [3.05, 3.63) is 58.8 Å². The lowest BCUT2D eigenvalue weighted by atomic mass is 9.56. The van der Waals surface area contributed by atoms with Crippen LogP contribution in [0.15, 0.2) is 41.8 Å². The fourth-order valence-corrected chi connectivity index (χ4v) is 5.49. The first-order valence-corrected chi connectivity index (χ1v) is 8.62. The van der Waals surface area contributed by atoms with Gasteiger partial charge in [0.2, 0.25) is 11.6 Å². The molecular formula is C20H22N2O2. The SMILES string of the molecule is [C-]#[N+]C1=C(O)[C@]2(C)CC23CCN(CC)C(=O)[C@@]3(c2ccccc2)C1. The van der Waals surface area contributed by atoms with Gasteiger partial charge in [-0.2, -0.15) is 0 Å². The molecule has 3 atom stereocenters. The molecule has 24 heavy (non-hydrogen) atoms. The van der Waals surface area contributed by atoms with Crippen molar-refractivity contribution in [2.24, 2.45) is 10.8 Å². The zero-order chi connectivity index (χ0) is 17.2. The Morgan fingerprint density at radius 1 is 1.33 bits per heavy atom. The van der Waals surface area contributed by atoms with Crippen molar-refractivity contribution in [2.75, 3.05) is 13.1 Å². The molecule has 4 rings (SSSR count). The topological polar surface area (TPSA) is 44.9 Å². The van der Waals surface area contributed by atoms with Crippen molar-refractivity contribution < 1.29 is 9.90 Å². The number of rotatable bonds is 2. The number of benzene rings is 1. The van der Waals surface area contributed by atoms with Crippen molar-refractivity contribution in [2.45, 2.75) is 38.5 Å². The van der Waals surface area contributed by atoms with Gasteiger partial charge < -0.3 is 10.0 Å². The minimum atomic E-state index is -0.719. The summed E-state index contributed by atoms with van der Waals surface area (Å²) in [4.78, 5) is 19.1. The van der Waals surface area contributed by atoms with E-state index in [2.05, 4.69) is 4.85 Å². The van der Waals surface area contributed by atoms with E-state index in [4.69, 9.17) is 6.57 Å². The largest absolute Gasteiger partial charge is 0.523 e. The fourth-order valence-electron chi connectivity index (χ4n) is 5.49. The fraction of sp³-hybridized carbons (Fsp3) is 0.500. The van der Waals surface area contributed by atoms with Gasteiger partial charge in [-0.3, -0.25) is 4.79 Å². The zero-order valence-electron chi connectivity index (χ0n) is 14.2. The van der Waals surface area contributed by atoms with Crippen LogP contribution in [-0.4, -0.2) is 29.0 Å². The number of nitrogens with zero attached hydrogens (tertiary/aromatic N) is 2. The molecule has 1 N–H and O–H groups in total. The Labute approximate surface area is 142 Å². The van der Waals surface area contributed by atoms with Crippen LogP contribution >= 0.6 is 0 Å². The Bertz CT molecular complexity index is 794. The summed E-state index contributed by atoms with van der Waals surface area (Å²) < 4.78 is 0. The molecule has 4 nitrogen and oxygen atoms in total. The Kier molecular flexibility index (Phi) is 2.94. The van der Waals surface area contributed by atoms with Gasteiger partial charge in [0, 0.05) is 30.3 Å². The maximum Gasteiger partial charge on any atom is 0.232 e. The van der Waals surface area contributed by atoms with Gasteiger partial charge in [-0.15, -0.1) is 0 Å². The maximum absolute atomic E-state index is 13.6. The molecule has 3 aliphatic rings. The molecule has 2 fully saturated rings. The zero-order valence-corrected chi connectivity index (χ0v) is 14.2. The van der Waals surface area contributed by atoms with Crippen LogP contribution in [0.3, 0.4) is 0 Å². The van der Waals surface area contributed by atoms with Crippen LogP contribution in [0.1, 0.15) is 38.7 Å². The molecule has 1 aliphatic heterocycles. The number of allylic oxidation sites excluding steroid dienone is 2. The summed E-state index contributed by atoms with van der Waals surface area (Å²) >= 11 is 0. The van der Waals surface area contributed by atoms with Gasteiger partial charge in [0.1, 0.15) is 5.76 Å². The van der Waals surface area contributed by atoms with E-state index in [1.54, 1.807) is 0 Å². The van der Waals surface area contributed by atoms with Crippen LogP contribution in [0.2, 0.25) is 0 Å². The van der Waals surface area contributed by atoms with Gasteiger partial charge in [-0.25, -0.2) is 4.85 Å². The van der Waals surface area contributed by atoms with E-state index in [0.29, 0.717) is 18.7 Å². The first kappa shape index (κ1) is 15.3. The Morgan fingerprint density at radius 2 is 2.04 bits per heavy atom. The van der Waals surface area contributed by atoms with Gasteiger partial charge in [0.25, 0.3) is 0 Å². The average Bonchev–Trinajstić information content (AvgIpc) is 3.24. The number of amides is 1. The lowest BCUT2D eigenvalue weighted by molar-refractivity contribution is -0.147. The molecule has 1 saturated heterocycles. The molecule has 0 radical (unpaired) electrons. The van der Waals surface area contributed by atoms with Crippen molar-refractivity contribution in [1.82, 2.24) is 4.90 Å². The molecule has 1 aromatic carbocycles. The molecule has 1 spiro atoms. The summed E-state index contributed by atoms with van der Waals surface area (Å²) in [6.45, 7) is 13.0. The highest BCUT2D eigenvalue weighted by atomic mass is 16.3. The number of likely N-dealkylation sites (tertiary alicyclic amines) is 1. The standard InChI is InChI=1S/C20H22N2O2/c1-4-22-11-10-19-13-18(19,2)16(23)15(21-3)12-20(19,17(22)24)14-8-6-5-7-9-14/h5-9,23H,4,10-13H2,1-2H3/t18-,19?,20-/m0/s1. The molecule has 4 heteroatoms. The monoisotopic (exact) mass is 322 g/mol. The highest BCUT2D eigenvalue weighted by Gasteiger charge is 2.81. The predicted molar refractivity (Wildman–Crippen MR) is 91.0 cm³/mol. The third-order valence-corrected chi connectivity index (χ3v) is 6.88. The average molecular weight is 322 g/mol. The predicted octanol–water partition coefficient (Wildman–Crippen LogP) is 3.67. The number of hydrogen-bond acceptors (Lipinski definition) is 2. The molecular weight excluding hydrogens is 300 g/mol. The second-order valence-corrected chi connectivity index (χ2v) is 7.58. The molecule has 1 amide bonds. The first-order valence-electron chi connectivity index (χ1n) is 8.62. The maximum atomic E-state index is 13.6. The van der Waals surface area contributed by atoms with E-state index >= 15 is 0 Å². The summed E-state index contributed by atoms with van der Waals surface area (Å²) in [5, 5.41) is 10.7. The van der Waals surface area contributed by atoms with Gasteiger partial charge in [0.05, 0.1) is 12.0 Å². The third-order valence-electron chi connectivity index (χ3n) is 6.88. The lowest BCUT2D eigenvalue weighted by Crippen LogP contribution is -2.60. The summed E-state index contributed by atoms with van der Waals surface area (Å²) in [7, 11) is 0. The molecule has 1 unspecified atom stereocenters. The molecule has 0 bridgehead atoms. The number of hydrogen-bond donors (Lipinski definition) is 1. The quantitative estimate of drug-likeness (QED) is 0.845. The minimum absolute atomic E-state index is 0.125. The summed E-state index contributed by atoms with van der Waals surface area (Å²) in [6.07, 6.45) is 1.98. The molecule has 1 saturated carbocycles. The van der Waals surface area contributed by atoms with E-state index in [9.17, 15) is 9.90 Å². The number of aliphatic hydroxyl groups is 1. The number of carbonyl (C=O) groups is 1. The first-order chi connectivity index (χ1) is 11.5. The van der Waals surface area contributed by atoms with Crippen LogP contribution in [0, 0.1) is 17.4 Å². The van der Waals surface area contributed by atoms with Crippen LogP contribution in [0.25, 0.3) is 4.85 Å². The van der Waals surface area contributed by atoms with Crippen molar-refractivity contribution in [3.8, 4) is 0 Å². The van der Waals surface area contributed by atoms with Crippen molar-refractivity contribution in [1.29, 1.82) is 0 Å². The van der Waals surface area contributed by atoms with Crippen LogP contribution in [0.5, 0.6) is 0 Å². The molecule has 124 valence electrons. The molecule has 1 heterocycles. The van der Waals surface area contributed by atoms with Gasteiger partial charge >= 0.3 is 0 Å². The van der Waals surface area contributed by atoms with E-state index in [0.717, 1.165) is 24.9 Å². The lowest BCUT2D eigenvalue weighted by Gasteiger charge is -2.52. The summed E-state index contributed by atoms with van der Waals surface area (Å²) in [6, 6.07) is 9.91. The van der Waals surface area contributed by atoms with E-state index in [1.807, 2.05) is 49.1 Å².